The first kappa shape index (κ1) is 17.5. The van der Waals surface area contributed by atoms with E-state index in [2.05, 4.69) is 5.32 Å². The number of rotatable bonds is 5. The minimum Gasteiger partial charge on any atom is -0.324 e. The van der Waals surface area contributed by atoms with Gasteiger partial charge in [0.05, 0.1) is 27.4 Å². The number of halogens is 1. The zero-order valence-electron chi connectivity index (χ0n) is 13.1. The minimum atomic E-state index is -0.551. The molecule has 128 valence electrons. The van der Waals surface area contributed by atoms with Crippen molar-refractivity contribution in [3.63, 3.8) is 0 Å². The number of carbonyl (C=O) groups excluding carboxylic acids is 3. The highest BCUT2D eigenvalue weighted by Crippen LogP contribution is 2.29. The molecule has 1 N–H and O–H groups in total. The quantitative estimate of drug-likeness (QED) is 0.815. The number of benzene rings is 2. The van der Waals surface area contributed by atoms with Gasteiger partial charge in [-0.2, -0.15) is 0 Å². The number of nitrogens with one attached hydrogen (secondary N) is 1. The molecule has 0 spiro atoms. The largest absolute Gasteiger partial charge is 0.324 e. The highest BCUT2D eigenvalue weighted by atomic mass is 35.5. The van der Waals surface area contributed by atoms with E-state index >= 15 is 0 Å². The fourth-order valence-corrected chi connectivity index (χ4v) is 3.62. The van der Waals surface area contributed by atoms with Crippen LogP contribution in [0.1, 0.15) is 6.42 Å². The summed E-state index contributed by atoms with van der Waals surface area (Å²) in [6, 6.07) is 15.7. The molecule has 7 heteroatoms. The molecule has 1 saturated heterocycles. The Morgan fingerprint density at radius 1 is 1.12 bits per heavy atom. The third-order valence-corrected chi connectivity index (χ3v) is 5.21. The minimum absolute atomic E-state index is 0.0670. The molecule has 1 aliphatic heterocycles. The van der Waals surface area contributed by atoms with E-state index in [9.17, 15) is 14.4 Å². The standard InChI is InChI=1S/C18H15ClN2O3S/c19-13-8-4-5-9-14(13)20-16(22)11-25-15-10-17(23)21(18(15)24)12-6-2-1-3-7-12/h1-9,15H,10-11H2,(H,20,22)/t15-/m0/s1. The first-order valence-corrected chi connectivity index (χ1v) is 9.07. The Bertz CT molecular complexity index is 813. The lowest BCUT2D eigenvalue weighted by molar-refractivity contribution is -0.121. The normalized spacial score (nSPS) is 17.0. The van der Waals surface area contributed by atoms with Crippen molar-refractivity contribution in [2.45, 2.75) is 11.7 Å². The van der Waals surface area contributed by atoms with Gasteiger partial charge in [0.2, 0.25) is 17.7 Å². The van der Waals surface area contributed by atoms with E-state index in [0.717, 1.165) is 11.8 Å². The Morgan fingerprint density at radius 2 is 1.80 bits per heavy atom. The number of hydrogen-bond donors (Lipinski definition) is 1. The van der Waals surface area contributed by atoms with E-state index in [-0.39, 0.29) is 29.9 Å². The van der Waals surface area contributed by atoms with E-state index < -0.39 is 5.25 Å². The summed E-state index contributed by atoms with van der Waals surface area (Å²) in [5.74, 6) is -0.735. The molecule has 1 atom stereocenters. The Morgan fingerprint density at radius 3 is 2.52 bits per heavy atom. The molecule has 1 aliphatic rings. The molecule has 1 fully saturated rings. The van der Waals surface area contributed by atoms with Crippen LogP contribution in [0.2, 0.25) is 5.02 Å². The molecule has 2 aromatic rings. The lowest BCUT2D eigenvalue weighted by Crippen LogP contribution is -2.31. The summed E-state index contributed by atoms with van der Waals surface area (Å²) in [5, 5.41) is 2.60. The van der Waals surface area contributed by atoms with Gasteiger partial charge >= 0.3 is 0 Å². The zero-order chi connectivity index (χ0) is 17.8. The first-order chi connectivity index (χ1) is 12.1. The molecular formula is C18H15ClN2O3S. The van der Waals surface area contributed by atoms with Crippen molar-refractivity contribution in [3.8, 4) is 0 Å². The van der Waals surface area contributed by atoms with E-state index in [4.69, 9.17) is 11.6 Å². The van der Waals surface area contributed by atoms with E-state index in [0.29, 0.717) is 16.4 Å². The number of anilines is 2. The van der Waals surface area contributed by atoms with Crippen LogP contribution in [-0.2, 0) is 14.4 Å². The van der Waals surface area contributed by atoms with Crippen LogP contribution in [0.15, 0.2) is 54.6 Å². The molecule has 25 heavy (non-hydrogen) atoms. The Balaban J connectivity index is 1.59. The smallest absolute Gasteiger partial charge is 0.247 e. The van der Waals surface area contributed by atoms with Crippen molar-refractivity contribution in [2.24, 2.45) is 0 Å². The maximum Gasteiger partial charge on any atom is 0.247 e. The van der Waals surface area contributed by atoms with Gasteiger partial charge < -0.3 is 5.32 Å². The van der Waals surface area contributed by atoms with Crippen LogP contribution in [0.25, 0.3) is 0 Å². The predicted molar refractivity (Wildman–Crippen MR) is 99.9 cm³/mol. The van der Waals surface area contributed by atoms with Gasteiger partial charge in [-0.1, -0.05) is 41.9 Å². The van der Waals surface area contributed by atoms with Gasteiger partial charge in [-0.05, 0) is 24.3 Å². The number of amides is 3. The number of thioether (sulfide) groups is 1. The van der Waals surface area contributed by atoms with Crippen molar-refractivity contribution >= 4 is 52.5 Å². The topological polar surface area (TPSA) is 66.5 Å². The molecule has 0 bridgehead atoms. The SMILES string of the molecule is O=C(CS[C@H]1CC(=O)N(c2ccccc2)C1=O)Nc1ccccc1Cl. The van der Waals surface area contributed by atoms with Crippen LogP contribution < -0.4 is 10.2 Å². The molecule has 0 aromatic heterocycles. The van der Waals surface area contributed by atoms with Gasteiger partial charge in [0.15, 0.2) is 0 Å². The predicted octanol–water partition coefficient (Wildman–Crippen LogP) is 3.34. The number of imide groups is 1. The monoisotopic (exact) mass is 374 g/mol. The summed E-state index contributed by atoms with van der Waals surface area (Å²) in [4.78, 5) is 37.9. The van der Waals surface area contributed by atoms with E-state index in [1.54, 1.807) is 48.5 Å². The molecule has 0 aliphatic carbocycles. The summed E-state index contributed by atoms with van der Waals surface area (Å²) in [7, 11) is 0. The average Bonchev–Trinajstić information content (AvgIpc) is 2.89. The number of carbonyl (C=O) groups is 3. The van der Waals surface area contributed by atoms with Crippen LogP contribution in [-0.4, -0.2) is 28.7 Å². The van der Waals surface area contributed by atoms with Gasteiger partial charge in [0.25, 0.3) is 0 Å². The Hall–Kier alpha value is -2.31. The van der Waals surface area contributed by atoms with Gasteiger partial charge in [-0.15, -0.1) is 11.8 Å². The van der Waals surface area contributed by atoms with Gasteiger partial charge in [-0.3, -0.25) is 14.4 Å². The van der Waals surface area contributed by atoms with Crippen molar-refractivity contribution in [3.05, 3.63) is 59.6 Å². The highest BCUT2D eigenvalue weighted by molar-refractivity contribution is 8.01. The third-order valence-electron chi connectivity index (χ3n) is 3.68. The van der Waals surface area contributed by atoms with Crippen molar-refractivity contribution in [1.82, 2.24) is 0 Å². The fraction of sp³-hybridized carbons (Fsp3) is 0.167. The molecular weight excluding hydrogens is 360 g/mol. The molecule has 0 radical (unpaired) electrons. The molecule has 5 nitrogen and oxygen atoms in total. The van der Waals surface area contributed by atoms with Crippen molar-refractivity contribution in [2.75, 3.05) is 16.0 Å². The van der Waals surface area contributed by atoms with Crippen LogP contribution >= 0.6 is 23.4 Å². The van der Waals surface area contributed by atoms with Crippen LogP contribution in [0, 0.1) is 0 Å². The van der Waals surface area contributed by atoms with Gasteiger partial charge in [0, 0.05) is 6.42 Å². The van der Waals surface area contributed by atoms with Crippen molar-refractivity contribution < 1.29 is 14.4 Å². The second kappa shape index (κ2) is 7.72. The molecule has 3 rings (SSSR count). The molecule has 1 heterocycles. The summed E-state index contributed by atoms with van der Waals surface area (Å²) < 4.78 is 0. The molecule has 2 aromatic carbocycles. The molecule has 0 saturated carbocycles. The molecule has 3 amide bonds. The summed E-state index contributed by atoms with van der Waals surface area (Å²) in [5.41, 5.74) is 1.08. The second-order valence-electron chi connectivity index (χ2n) is 5.43. The third kappa shape index (κ3) is 4.03. The van der Waals surface area contributed by atoms with Crippen LogP contribution in [0.4, 0.5) is 11.4 Å². The Kier molecular flexibility index (Phi) is 5.40. The first-order valence-electron chi connectivity index (χ1n) is 7.64. The molecule has 0 unspecified atom stereocenters. The zero-order valence-corrected chi connectivity index (χ0v) is 14.7. The number of para-hydroxylation sites is 2. The van der Waals surface area contributed by atoms with Crippen molar-refractivity contribution in [1.29, 1.82) is 0 Å². The number of hydrogen-bond acceptors (Lipinski definition) is 4. The fourth-order valence-electron chi connectivity index (χ4n) is 2.51. The number of nitrogens with zero attached hydrogens (tertiary/aromatic N) is 1. The van der Waals surface area contributed by atoms with Crippen LogP contribution in [0.3, 0.4) is 0 Å². The lowest BCUT2D eigenvalue weighted by atomic mass is 10.3. The maximum atomic E-state index is 12.5. The van der Waals surface area contributed by atoms with Gasteiger partial charge in [0.1, 0.15) is 0 Å². The second-order valence-corrected chi connectivity index (χ2v) is 7.03. The highest BCUT2D eigenvalue weighted by Gasteiger charge is 2.39. The average molecular weight is 375 g/mol. The van der Waals surface area contributed by atoms with Gasteiger partial charge in [-0.25, -0.2) is 4.90 Å². The summed E-state index contributed by atoms with van der Waals surface area (Å²) in [6.45, 7) is 0. The van der Waals surface area contributed by atoms with E-state index in [1.807, 2.05) is 6.07 Å². The van der Waals surface area contributed by atoms with Crippen LogP contribution in [0.5, 0.6) is 0 Å². The summed E-state index contributed by atoms with van der Waals surface area (Å²) >= 11 is 7.16. The maximum absolute atomic E-state index is 12.5. The van der Waals surface area contributed by atoms with E-state index in [1.165, 1.54) is 4.90 Å². The summed E-state index contributed by atoms with van der Waals surface area (Å²) in [6.07, 6.45) is 0.0950. The Labute approximate surface area is 154 Å². The lowest BCUT2D eigenvalue weighted by Gasteiger charge is -2.14.